The van der Waals surface area contributed by atoms with E-state index < -0.39 is 0 Å². The van der Waals surface area contributed by atoms with Crippen molar-refractivity contribution >= 4 is 5.91 Å². The van der Waals surface area contributed by atoms with Gasteiger partial charge in [0.2, 0.25) is 5.91 Å². The van der Waals surface area contributed by atoms with Gasteiger partial charge >= 0.3 is 0 Å². The van der Waals surface area contributed by atoms with E-state index in [4.69, 9.17) is 10.5 Å². The minimum absolute atomic E-state index is 0.0186. The molecule has 0 aromatic heterocycles. The van der Waals surface area contributed by atoms with Crippen molar-refractivity contribution in [2.75, 3.05) is 32.8 Å². The zero-order valence-electron chi connectivity index (χ0n) is 12.8. The molecule has 1 fully saturated rings. The van der Waals surface area contributed by atoms with Gasteiger partial charge in [0.1, 0.15) is 0 Å². The molecule has 116 valence electrons. The van der Waals surface area contributed by atoms with Crippen LogP contribution in [0.2, 0.25) is 0 Å². The van der Waals surface area contributed by atoms with Crippen LogP contribution in [0.1, 0.15) is 24.1 Å². The first-order chi connectivity index (χ1) is 10.1. The molecule has 1 amide bonds. The molecule has 1 aliphatic heterocycles. The third-order valence-electron chi connectivity index (χ3n) is 3.89. The molecule has 1 aliphatic rings. The Bertz CT molecular complexity index is 478. The fourth-order valence-corrected chi connectivity index (χ4v) is 2.71. The number of nitrogens with zero attached hydrogens (tertiary/aromatic N) is 1. The molecular formula is C16H25N3O2. The fraction of sp³-hybridized carbons (Fsp3) is 0.562. The van der Waals surface area contributed by atoms with Crippen molar-refractivity contribution < 1.29 is 9.53 Å². The van der Waals surface area contributed by atoms with Gasteiger partial charge in [0.05, 0.1) is 25.3 Å². The summed E-state index contributed by atoms with van der Waals surface area (Å²) in [5.41, 5.74) is 7.97. The maximum absolute atomic E-state index is 12.2. The van der Waals surface area contributed by atoms with E-state index in [9.17, 15) is 4.79 Å². The number of aryl methyl sites for hydroxylation is 1. The minimum Gasteiger partial charge on any atom is -0.374 e. The van der Waals surface area contributed by atoms with Crippen molar-refractivity contribution in [2.24, 2.45) is 5.73 Å². The van der Waals surface area contributed by atoms with Gasteiger partial charge in [-0.3, -0.25) is 9.69 Å². The van der Waals surface area contributed by atoms with E-state index in [1.165, 1.54) is 5.56 Å². The lowest BCUT2D eigenvalue weighted by Crippen LogP contribution is -2.49. The highest BCUT2D eigenvalue weighted by atomic mass is 16.5. The summed E-state index contributed by atoms with van der Waals surface area (Å²) < 4.78 is 5.51. The van der Waals surface area contributed by atoms with Crippen molar-refractivity contribution in [2.45, 2.75) is 26.0 Å². The molecule has 2 atom stereocenters. The summed E-state index contributed by atoms with van der Waals surface area (Å²) in [5.74, 6) is 0.0448. The molecule has 1 aromatic rings. The van der Waals surface area contributed by atoms with Crippen molar-refractivity contribution in [3.05, 3.63) is 35.4 Å². The molecule has 5 nitrogen and oxygen atoms in total. The molecule has 0 spiro atoms. The molecule has 1 heterocycles. The van der Waals surface area contributed by atoms with Gasteiger partial charge in [-0.25, -0.2) is 0 Å². The van der Waals surface area contributed by atoms with E-state index in [0.717, 1.165) is 18.7 Å². The molecule has 0 aliphatic carbocycles. The molecule has 0 radical (unpaired) electrons. The van der Waals surface area contributed by atoms with Gasteiger partial charge in [0.25, 0.3) is 0 Å². The Morgan fingerprint density at radius 2 is 2.29 bits per heavy atom. The number of rotatable bonds is 5. The number of nitrogens with one attached hydrogen (secondary N) is 1. The Morgan fingerprint density at radius 1 is 1.52 bits per heavy atom. The standard InChI is InChI=1S/C16H25N3O2/c1-12-5-3-4-6-15(12)13(2)18-16(20)11-19-7-8-21-14(9-17)10-19/h3-6,13-14H,7-11,17H2,1-2H3,(H,18,20). The minimum atomic E-state index is 0.0186. The van der Waals surface area contributed by atoms with Crippen molar-refractivity contribution in [1.29, 1.82) is 0 Å². The largest absolute Gasteiger partial charge is 0.374 e. The second-order valence-corrected chi connectivity index (χ2v) is 5.61. The Balaban J connectivity index is 1.85. The predicted molar refractivity (Wildman–Crippen MR) is 83.0 cm³/mol. The Morgan fingerprint density at radius 3 is 3.00 bits per heavy atom. The molecule has 2 rings (SSSR count). The number of hydrogen-bond donors (Lipinski definition) is 2. The lowest BCUT2D eigenvalue weighted by atomic mass is 10.0. The van der Waals surface area contributed by atoms with Gasteiger partial charge in [-0.2, -0.15) is 0 Å². The summed E-state index contributed by atoms with van der Waals surface area (Å²) in [7, 11) is 0. The molecule has 1 saturated heterocycles. The lowest BCUT2D eigenvalue weighted by molar-refractivity contribution is -0.124. The van der Waals surface area contributed by atoms with Crippen LogP contribution in [0, 0.1) is 6.92 Å². The quantitative estimate of drug-likeness (QED) is 0.843. The number of amides is 1. The van der Waals surface area contributed by atoms with Crippen LogP contribution in [0.15, 0.2) is 24.3 Å². The van der Waals surface area contributed by atoms with Gasteiger partial charge in [0, 0.05) is 19.6 Å². The number of morpholine rings is 1. The van der Waals surface area contributed by atoms with Gasteiger partial charge in [-0.1, -0.05) is 24.3 Å². The van der Waals surface area contributed by atoms with Crippen LogP contribution in [-0.2, 0) is 9.53 Å². The number of benzene rings is 1. The zero-order chi connectivity index (χ0) is 15.2. The summed E-state index contributed by atoms with van der Waals surface area (Å²) in [6.45, 7) is 7.12. The SMILES string of the molecule is Cc1ccccc1C(C)NC(=O)CN1CCOC(CN)C1. The molecule has 5 heteroatoms. The van der Waals surface area contributed by atoms with E-state index in [-0.39, 0.29) is 18.1 Å². The van der Waals surface area contributed by atoms with Crippen LogP contribution in [0.3, 0.4) is 0 Å². The Hall–Kier alpha value is -1.43. The summed E-state index contributed by atoms with van der Waals surface area (Å²) >= 11 is 0. The number of carbonyl (C=O) groups is 1. The number of carbonyl (C=O) groups excluding carboxylic acids is 1. The van der Waals surface area contributed by atoms with E-state index in [0.29, 0.717) is 19.7 Å². The maximum atomic E-state index is 12.2. The van der Waals surface area contributed by atoms with Gasteiger partial charge in [0.15, 0.2) is 0 Å². The summed E-state index contributed by atoms with van der Waals surface area (Å²) in [5, 5.41) is 3.06. The van der Waals surface area contributed by atoms with Gasteiger partial charge < -0.3 is 15.8 Å². The van der Waals surface area contributed by atoms with Crippen LogP contribution in [-0.4, -0.2) is 49.7 Å². The Labute approximate surface area is 126 Å². The smallest absolute Gasteiger partial charge is 0.234 e. The zero-order valence-corrected chi connectivity index (χ0v) is 12.8. The normalized spacial score (nSPS) is 21.0. The lowest BCUT2D eigenvalue weighted by Gasteiger charge is -2.32. The molecule has 1 aromatic carbocycles. The average molecular weight is 291 g/mol. The Kier molecular flexibility index (Phi) is 5.73. The second-order valence-electron chi connectivity index (χ2n) is 5.61. The van der Waals surface area contributed by atoms with E-state index in [1.54, 1.807) is 0 Å². The monoisotopic (exact) mass is 291 g/mol. The molecule has 0 bridgehead atoms. The van der Waals surface area contributed by atoms with E-state index >= 15 is 0 Å². The summed E-state index contributed by atoms with van der Waals surface area (Å²) in [6.07, 6.45) is 0.0420. The first kappa shape index (κ1) is 15.9. The van der Waals surface area contributed by atoms with Crippen LogP contribution in [0.5, 0.6) is 0 Å². The van der Waals surface area contributed by atoms with E-state index in [1.807, 2.05) is 19.1 Å². The number of hydrogen-bond acceptors (Lipinski definition) is 4. The van der Waals surface area contributed by atoms with Crippen LogP contribution in [0.4, 0.5) is 0 Å². The first-order valence-electron chi connectivity index (χ1n) is 7.49. The average Bonchev–Trinajstić information content (AvgIpc) is 2.47. The summed E-state index contributed by atoms with van der Waals surface area (Å²) in [6, 6.07) is 8.14. The van der Waals surface area contributed by atoms with Crippen molar-refractivity contribution in [3.8, 4) is 0 Å². The van der Waals surface area contributed by atoms with Crippen molar-refractivity contribution in [1.82, 2.24) is 10.2 Å². The molecule has 2 unspecified atom stereocenters. The fourth-order valence-electron chi connectivity index (χ4n) is 2.71. The third kappa shape index (κ3) is 4.52. The van der Waals surface area contributed by atoms with Crippen LogP contribution >= 0.6 is 0 Å². The number of nitrogens with two attached hydrogens (primary N) is 1. The highest BCUT2D eigenvalue weighted by Gasteiger charge is 2.21. The second kappa shape index (κ2) is 7.54. The first-order valence-corrected chi connectivity index (χ1v) is 7.49. The molecule has 3 N–H and O–H groups in total. The third-order valence-corrected chi connectivity index (χ3v) is 3.89. The van der Waals surface area contributed by atoms with E-state index in [2.05, 4.69) is 29.3 Å². The topological polar surface area (TPSA) is 67.6 Å². The molecular weight excluding hydrogens is 266 g/mol. The van der Waals surface area contributed by atoms with Crippen LogP contribution < -0.4 is 11.1 Å². The van der Waals surface area contributed by atoms with Crippen molar-refractivity contribution in [3.63, 3.8) is 0 Å². The van der Waals surface area contributed by atoms with Gasteiger partial charge in [-0.05, 0) is 25.0 Å². The van der Waals surface area contributed by atoms with Crippen LogP contribution in [0.25, 0.3) is 0 Å². The molecule has 21 heavy (non-hydrogen) atoms. The van der Waals surface area contributed by atoms with Gasteiger partial charge in [-0.15, -0.1) is 0 Å². The highest BCUT2D eigenvalue weighted by molar-refractivity contribution is 5.78. The highest BCUT2D eigenvalue weighted by Crippen LogP contribution is 2.16. The maximum Gasteiger partial charge on any atom is 0.234 e. The predicted octanol–water partition coefficient (Wildman–Crippen LogP) is 0.832. The number of ether oxygens (including phenoxy) is 1. The molecule has 0 saturated carbocycles. The summed E-state index contributed by atoms with van der Waals surface area (Å²) in [4.78, 5) is 14.3.